The molecule has 0 aromatic carbocycles. The van der Waals surface area contributed by atoms with Gasteiger partial charge in [0.2, 0.25) is 0 Å². The van der Waals surface area contributed by atoms with Crippen molar-refractivity contribution in [3.8, 4) is 0 Å². The summed E-state index contributed by atoms with van der Waals surface area (Å²) in [6.45, 7) is 18.4. The molecule has 0 aliphatic rings. The number of aliphatic hydroxyl groups is 1. The molecule has 0 amide bonds. The summed E-state index contributed by atoms with van der Waals surface area (Å²) in [4.78, 5) is 0. The first-order valence-electron chi connectivity index (χ1n) is 11.7. The van der Waals surface area contributed by atoms with Crippen LogP contribution in [0.3, 0.4) is 0 Å². The average molecular weight is 427 g/mol. The Hall–Kier alpha value is -1.22. The molecule has 0 spiro atoms. The summed E-state index contributed by atoms with van der Waals surface area (Å²) < 4.78 is 27.0. The number of hydrogen-bond donors (Lipinski definition) is 1. The van der Waals surface area contributed by atoms with Gasteiger partial charge in [-0.2, -0.15) is 0 Å². The maximum absolute atomic E-state index is 13.6. The second kappa shape index (κ2) is 18.5. The maximum Gasteiger partial charge on any atom is 0.129 e. The highest BCUT2D eigenvalue weighted by molar-refractivity contribution is 5.09. The summed E-state index contributed by atoms with van der Waals surface area (Å²) in [5, 5.41) is 9.44. The highest BCUT2D eigenvalue weighted by Crippen LogP contribution is 2.20. The number of allylic oxidation sites excluding steroid dienone is 6. The number of rotatable bonds is 12. The van der Waals surface area contributed by atoms with Crippen molar-refractivity contribution in [3.63, 3.8) is 0 Å². The third kappa shape index (κ3) is 16.6. The lowest BCUT2D eigenvalue weighted by Gasteiger charge is -2.12. The molecule has 0 fully saturated rings. The largest absolute Gasteiger partial charge is 0.382 e. The van der Waals surface area contributed by atoms with Crippen LogP contribution in [0.1, 0.15) is 88.0 Å². The lowest BCUT2D eigenvalue weighted by Crippen LogP contribution is -2.07. The van der Waals surface area contributed by atoms with Gasteiger partial charge in [-0.05, 0) is 48.7 Å². The van der Waals surface area contributed by atoms with Gasteiger partial charge in [-0.1, -0.05) is 99.5 Å². The summed E-state index contributed by atoms with van der Waals surface area (Å²) in [5.74, 6) is 0.848. The van der Waals surface area contributed by atoms with E-state index in [1.807, 2.05) is 46.8 Å². The van der Waals surface area contributed by atoms with Crippen molar-refractivity contribution in [2.45, 2.75) is 94.1 Å². The van der Waals surface area contributed by atoms with E-state index in [2.05, 4.69) is 33.8 Å². The number of halogens is 2. The van der Waals surface area contributed by atoms with Gasteiger partial charge < -0.3 is 5.11 Å². The van der Waals surface area contributed by atoms with Crippen molar-refractivity contribution in [1.29, 1.82) is 0 Å². The number of hydrogen-bond acceptors (Lipinski definition) is 1. The summed E-state index contributed by atoms with van der Waals surface area (Å²) in [5.41, 5.74) is 0. The molecule has 0 saturated carbocycles. The smallest absolute Gasteiger partial charge is 0.129 e. The number of aliphatic hydroxyl groups excluding tert-OH is 1. The van der Waals surface area contributed by atoms with E-state index in [0.29, 0.717) is 17.8 Å². The van der Waals surface area contributed by atoms with Crippen LogP contribution in [-0.4, -0.2) is 11.2 Å². The Bertz CT molecular complexity index is 481. The van der Waals surface area contributed by atoms with Crippen LogP contribution in [0.15, 0.2) is 48.1 Å². The van der Waals surface area contributed by atoms with Crippen molar-refractivity contribution in [3.05, 3.63) is 48.1 Å². The Labute approximate surface area is 186 Å². The first kappa shape index (κ1) is 31.0. The predicted octanol–water partition coefficient (Wildman–Crippen LogP) is 8.97. The Morgan fingerprint density at radius 3 is 1.50 bits per heavy atom. The van der Waals surface area contributed by atoms with Crippen LogP contribution >= 0.6 is 0 Å². The molecule has 0 aliphatic carbocycles. The van der Waals surface area contributed by atoms with Crippen molar-refractivity contribution < 1.29 is 13.9 Å². The first-order valence-corrected chi connectivity index (χ1v) is 11.7. The van der Waals surface area contributed by atoms with E-state index in [0.717, 1.165) is 25.7 Å². The molecular weight excluding hydrogens is 378 g/mol. The van der Waals surface area contributed by atoms with Gasteiger partial charge >= 0.3 is 0 Å². The Morgan fingerprint density at radius 2 is 1.10 bits per heavy atom. The number of unbranched alkanes of at least 4 members (excludes halogenated alkanes) is 2. The summed E-state index contributed by atoms with van der Waals surface area (Å²) >= 11 is 0. The first-order chi connectivity index (χ1) is 14.0. The minimum atomic E-state index is -1.07. The van der Waals surface area contributed by atoms with Gasteiger partial charge in [-0.15, -0.1) is 0 Å². The molecule has 1 N–H and O–H groups in total. The van der Waals surface area contributed by atoms with Crippen LogP contribution in [0.4, 0.5) is 8.78 Å². The molecule has 1 nitrogen and oxygen atoms in total. The topological polar surface area (TPSA) is 20.2 Å². The monoisotopic (exact) mass is 426 g/mol. The molecule has 0 rings (SSSR count). The lowest BCUT2D eigenvalue weighted by molar-refractivity contribution is 0.225. The van der Waals surface area contributed by atoms with Gasteiger partial charge in [0.05, 0.1) is 0 Å². The van der Waals surface area contributed by atoms with Gasteiger partial charge in [0.1, 0.15) is 17.8 Å². The highest BCUT2D eigenvalue weighted by atomic mass is 19.1. The summed E-state index contributed by atoms with van der Waals surface area (Å²) in [7, 11) is 0. The molecule has 0 aromatic heterocycles. The second-order valence-corrected chi connectivity index (χ2v) is 8.98. The minimum Gasteiger partial charge on any atom is -0.382 e. The van der Waals surface area contributed by atoms with Crippen molar-refractivity contribution in [1.82, 2.24) is 0 Å². The fourth-order valence-corrected chi connectivity index (χ4v) is 2.18. The Morgan fingerprint density at radius 1 is 0.700 bits per heavy atom. The predicted molar refractivity (Wildman–Crippen MR) is 130 cm³/mol. The van der Waals surface area contributed by atoms with E-state index < -0.39 is 11.9 Å². The van der Waals surface area contributed by atoms with E-state index in [4.69, 9.17) is 0 Å². The third-order valence-corrected chi connectivity index (χ3v) is 5.32. The van der Waals surface area contributed by atoms with Crippen molar-refractivity contribution >= 4 is 0 Å². The SMILES string of the molecule is CCC/C=C\[C@H](C)/C(F)=C\[C@@H](C)C(C)C.CCC/C=C\[C@H](O)/C(F)=C\[C@@H](C)C(C)C. The molecule has 0 unspecified atom stereocenters. The molecule has 4 atom stereocenters. The molecule has 0 heterocycles. The molecule has 0 aliphatic heterocycles. The van der Waals surface area contributed by atoms with Gasteiger partial charge in [0, 0.05) is 5.92 Å². The standard InChI is InChI=1S/C14H25F.C13H23FO/c1-6-7-8-9-12(4)14(15)10-13(5)11(2)3;1-5-6-7-8-13(15)12(14)9-11(4)10(2)3/h8-13H,6-7H2,1-5H3;7-11,13,15H,5-6H2,1-4H3/b9-8-,14-10+;8-7-,12-9+/t12-,13+;11-,13+/m01/s1. The van der Waals surface area contributed by atoms with Crippen LogP contribution in [0, 0.1) is 29.6 Å². The zero-order chi connectivity index (χ0) is 23.7. The maximum atomic E-state index is 13.6. The van der Waals surface area contributed by atoms with Crippen LogP contribution in [-0.2, 0) is 0 Å². The Balaban J connectivity index is 0. The van der Waals surface area contributed by atoms with E-state index in [1.54, 1.807) is 6.08 Å². The molecule has 176 valence electrons. The van der Waals surface area contributed by atoms with E-state index in [-0.39, 0.29) is 17.7 Å². The third-order valence-electron chi connectivity index (χ3n) is 5.32. The van der Waals surface area contributed by atoms with E-state index in [1.165, 1.54) is 12.2 Å². The molecule has 0 bridgehead atoms. The van der Waals surface area contributed by atoms with Crippen LogP contribution in [0.2, 0.25) is 0 Å². The second-order valence-electron chi connectivity index (χ2n) is 8.98. The molecule has 3 heteroatoms. The summed E-state index contributed by atoms with van der Waals surface area (Å²) in [6.07, 6.45) is 13.6. The zero-order valence-corrected chi connectivity index (χ0v) is 21.0. The van der Waals surface area contributed by atoms with Crippen molar-refractivity contribution in [2.75, 3.05) is 0 Å². The lowest BCUT2D eigenvalue weighted by atomic mass is 9.95. The van der Waals surface area contributed by atoms with Gasteiger partial charge in [0.15, 0.2) is 0 Å². The fraction of sp³-hybridized carbons (Fsp3) is 0.704. The average Bonchev–Trinajstić information content (AvgIpc) is 2.68. The molecule has 0 saturated heterocycles. The highest BCUT2D eigenvalue weighted by Gasteiger charge is 2.11. The van der Waals surface area contributed by atoms with Crippen LogP contribution in [0.25, 0.3) is 0 Å². The Kier molecular flexibility index (Phi) is 19.1. The van der Waals surface area contributed by atoms with E-state index >= 15 is 0 Å². The van der Waals surface area contributed by atoms with E-state index in [9.17, 15) is 13.9 Å². The minimum absolute atomic E-state index is 0.00329. The molecule has 30 heavy (non-hydrogen) atoms. The quantitative estimate of drug-likeness (QED) is 0.309. The van der Waals surface area contributed by atoms with Crippen molar-refractivity contribution in [2.24, 2.45) is 29.6 Å². The van der Waals surface area contributed by atoms with Crippen LogP contribution < -0.4 is 0 Å². The zero-order valence-electron chi connectivity index (χ0n) is 21.0. The fourth-order valence-electron chi connectivity index (χ4n) is 2.18. The van der Waals surface area contributed by atoms with Gasteiger partial charge in [-0.3, -0.25) is 0 Å². The van der Waals surface area contributed by atoms with Crippen LogP contribution in [0.5, 0.6) is 0 Å². The van der Waals surface area contributed by atoms with Gasteiger partial charge in [-0.25, -0.2) is 8.78 Å². The van der Waals surface area contributed by atoms with Gasteiger partial charge in [0.25, 0.3) is 0 Å². The molecular formula is C27H48F2O. The normalized spacial score (nSPS) is 17.4. The summed E-state index contributed by atoms with van der Waals surface area (Å²) in [6, 6.07) is 0. The molecule has 0 aromatic rings. The molecule has 0 radical (unpaired) electrons.